The van der Waals surface area contributed by atoms with Crippen molar-refractivity contribution < 1.29 is 43.0 Å². The standard InChI is InChI=1S/C22H46O9/c1-14(11-24-5)15(2)19(27-8)21(29-10)22(23)30-13-18(12-25-6)31-17(4)20(28-9)16(3)26-7/h14-23H,11-13H2,1-10H3/t14?,15-,16?,17?,18?,19?,20?,21?,22+/m1/s1. The largest absolute Gasteiger partial charge is 0.384 e. The predicted octanol–water partition coefficient (Wildman–Crippen LogP) is 1.74. The van der Waals surface area contributed by atoms with Gasteiger partial charge in [0.1, 0.15) is 18.3 Å². The van der Waals surface area contributed by atoms with Gasteiger partial charge < -0.3 is 43.0 Å². The number of aliphatic hydroxyl groups excluding tert-OH is 1. The second kappa shape index (κ2) is 17.2. The zero-order valence-electron chi connectivity index (χ0n) is 21.0. The molecular formula is C22H46O9. The van der Waals surface area contributed by atoms with Crippen molar-refractivity contribution in [1.82, 2.24) is 0 Å². The molecule has 0 aliphatic heterocycles. The van der Waals surface area contributed by atoms with Gasteiger partial charge in [0.15, 0.2) is 6.29 Å². The van der Waals surface area contributed by atoms with E-state index in [0.717, 1.165) is 0 Å². The number of aliphatic hydroxyl groups is 1. The van der Waals surface area contributed by atoms with E-state index in [2.05, 4.69) is 6.92 Å². The number of methoxy groups -OCH3 is 6. The second-order valence-electron chi connectivity index (χ2n) is 7.98. The summed E-state index contributed by atoms with van der Waals surface area (Å²) in [6, 6.07) is 0. The Bertz CT molecular complexity index is 426. The average Bonchev–Trinajstić information content (AvgIpc) is 2.75. The molecule has 0 aliphatic rings. The van der Waals surface area contributed by atoms with Crippen molar-refractivity contribution in [2.45, 2.75) is 70.6 Å². The van der Waals surface area contributed by atoms with Crippen LogP contribution in [0.2, 0.25) is 0 Å². The van der Waals surface area contributed by atoms with Crippen molar-refractivity contribution in [3.05, 3.63) is 0 Å². The summed E-state index contributed by atoms with van der Waals surface area (Å²) in [5.74, 6) is 0.274. The normalized spacial score (nSPS) is 21.0. The maximum absolute atomic E-state index is 10.7. The Balaban J connectivity index is 5.06. The molecule has 1 N–H and O–H groups in total. The van der Waals surface area contributed by atoms with Gasteiger partial charge in [0.05, 0.1) is 31.5 Å². The molecule has 0 bridgehead atoms. The molecule has 0 amide bonds. The maximum atomic E-state index is 10.7. The van der Waals surface area contributed by atoms with Crippen molar-refractivity contribution in [2.75, 3.05) is 62.5 Å². The van der Waals surface area contributed by atoms with Gasteiger partial charge in [-0.3, -0.25) is 0 Å². The van der Waals surface area contributed by atoms with Crippen LogP contribution >= 0.6 is 0 Å². The Labute approximate surface area is 188 Å². The van der Waals surface area contributed by atoms with Crippen LogP contribution in [0.3, 0.4) is 0 Å². The van der Waals surface area contributed by atoms with Crippen LogP contribution < -0.4 is 0 Å². The zero-order valence-corrected chi connectivity index (χ0v) is 21.0. The highest BCUT2D eigenvalue weighted by molar-refractivity contribution is 4.81. The first-order chi connectivity index (χ1) is 14.7. The summed E-state index contributed by atoms with van der Waals surface area (Å²) in [5, 5.41) is 10.7. The van der Waals surface area contributed by atoms with Crippen LogP contribution in [0, 0.1) is 11.8 Å². The molecule has 188 valence electrons. The first-order valence-corrected chi connectivity index (χ1v) is 10.8. The van der Waals surface area contributed by atoms with Crippen LogP contribution in [0.25, 0.3) is 0 Å². The van der Waals surface area contributed by atoms with Gasteiger partial charge in [0.25, 0.3) is 0 Å². The number of ether oxygens (including phenoxy) is 8. The van der Waals surface area contributed by atoms with E-state index in [1.165, 1.54) is 7.11 Å². The fourth-order valence-corrected chi connectivity index (χ4v) is 3.69. The molecule has 0 aromatic heterocycles. The molecule has 0 aromatic rings. The summed E-state index contributed by atoms with van der Waals surface area (Å²) in [6.07, 6.45) is -3.37. The molecule has 31 heavy (non-hydrogen) atoms. The van der Waals surface area contributed by atoms with E-state index < -0.39 is 18.5 Å². The first kappa shape index (κ1) is 30.6. The van der Waals surface area contributed by atoms with Crippen LogP contribution in [-0.2, 0) is 37.9 Å². The summed E-state index contributed by atoms with van der Waals surface area (Å²) in [6.45, 7) is 8.90. The number of hydrogen-bond donors (Lipinski definition) is 1. The molecule has 0 saturated heterocycles. The quantitative estimate of drug-likeness (QED) is 0.293. The third kappa shape index (κ3) is 10.4. The monoisotopic (exact) mass is 454 g/mol. The van der Waals surface area contributed by atoms with Gasteiger partial charge in [-0.15, -0.1) is 0 Å². The fourth-order valence-electron chi connectivity index (χ4n) is 3.69. The van der Waals surface area contributed by atoms with E-state index in [4.69, 9.17) is 37.9 Å². The number of rotatable bonds is 19. The first-order valence-electron chi connectivity index (χ1n) is 10.8. The molecule has 0 radical (unpaired) electrons. The molecule has 0 heterocycles. The zero-order chi connectivity index (χ0) is 24.0. The molecule has 0 fully saturated rings. The summed E-state index contributed by atoms with van der Waals surface area (Å²) in [7, 11) is 9.61. The van der Waals surface area contributed by atoms with Gasteiger partial charge in [0.2, 0.25) is 0 Å². The van der Waals surface area contributed by atoms with Crippen molar-refractivity contribution in [2.24, 2.45) is 11.8 Å². The van der Waals surface area contributed by atoms with E-state index in [1.54, 1.807) is 35.5 Å². The smallest absolute Gasteiger partial charge is 0.183 e. The topological polar surface area (TPSA) is 94.1 Å². The molecule has 9 nitrogen and oxygen atoms in total. The Morgan fingerprint density at radius 3 is 1.61 bits per heavy atom. The Morgan fingerprint density at radius 2 is 1.16 bits per heavy atom. The average molecular weight is 455 g/mol. The van der Waals surface area contributed by atoms with Gasteiger partial charge in [-0.05, 0) is 25.7 Å². The lowest BCUT2D eigenvalue weighted by Gasteiger charge is -2.35. The van der Waals surface area contributed by atoms with Crippen molar-refractivity contribution >= 4 is 0 Å². The summed E-state index contributed by atoms with van der Waals surface area (Å²) in [5.41, 5.74) is 0. The molecule has 0 saturated carbocycles. The van der Waals surface area contributed by atoms with Crippen LogP contribution in [0.4, 0.5) is 0 Å². The fraction of sp³-hybridized carbons (Fsp3) is 1.00. The molecule has 7 unspecified atom stereocenters. The lowest BCUT2D eigenvalue weighted by atomic mass is 9.88. The molecule has 0 spiro atoms. The molecule has 0 rings (SSSR count). The van der Waals surface area contributed by atoms with Gasteiger partial charge >= 0.3 is 0 Å². The maximum Gasteiger partial charge on any atom is 0.183 e. The van der Waals surface area contributed by atoms with Crippen LogP contribution in [-0.4, -0.2) is 110 Å². The lowest BCUT2D eigenvalue weighted by molar-refractivity contribution is -0.229. The molecular weight excluding hydrogens is 408 g/mol. The SMILES string of the molecule is COCC(CO[C@H](O)C(OC)C(OC)[C@H](C)C(C)COC)OC(C)C(OC)C(C)OC. The highest BCUT2D eigenvalue weighted by atomic mass is 16.7. The Morgan fingerprint density at radius 1 is 0.613 bits per heavy atom. The predicted molar refractivity (Wildman–Crippen MR) is 117 cm³/mol. The van der Waals surface area contributed by atoms with Crippen LogP contribution in [0.5, 0.6) is 0 Å². The summed E-state index contributed by atoms with van der Waals surface area (Å²) >= 11 is 0. The third-order valence-corrected chi connectivity index (χ3v) is 5.78. The van der Waals surface area contributed by atoms with Gasteiger partial charge in [-0.1, -0.05) is 13.8 Å². The minimum Gasteiger partial charge on any atom is -0.384 e. The van der Waals surface area contributed by atoms with Crippen molar-refractivity contribution in [1.29, 1.82) is 0 Å². The van der Waals surface area contributed by atoms with Gasteiger partial charge in [-0.2, -0.15) is 0 Å². The van der Waals surface area contributed by atoms with Crippen LogP contribution in [0.1, 0.15) is 27.7 Å². The highest BCUT2D eigenvalue weighted by Crippen LogP contribution is 2.24. The molecule has 0 aliphatic carbocycles. The molecule has 9 atom stereocenters. The Hall–Kier alpha value is -0.360. The summed E-state index contributed by atoms with van der Waals surface area (Å²) < 4.78 is 44.4. The highest BCUT2D eigenvalue weighted by Gasteiger charge is 2.36. The number of hydrogen-bond acceptors (Lipinski definition) is 9. The minimum atomic E-state index is -1.21. The molecule has 9 heteroatoms. The van der Waals surface area contributed by atoms with E-state index in [0.29, 0.717) is 13.2 Å². The minimum absolute atomic E-state index is 0.0668. The van der Waals surface area contributed by atoms with Gasteiger partial charge in [0, 0.05) is 49.3 Å². The van der Waals surface area contributed by atoms with Crippen molar-refractivity contribution in [3.8, 4) is 0 Å². The molecule has 0 aromatic carbocycles. The van der Waals surface area contributed by atoms with Gasteiger partial charge in [-0.25, -0.2) is 0 Å². The van der Waals surface area contributed by atoms with E-state index in [1.807, 2.05) is 20.8 Å². The summed E-state index contributed by atoms with van der Waals surface area (Å²) in [4.78, 5) is 0. The van der Waals surface area contributed by atoms with Crippen LogP contribution in [0.15, 0.2) is 0 Å². The van der Waals surface area contributed by atoms with E-state index in [-0.39, 0.29) is 42.9 Å². The van der Waals surface area contributed by atoms with E-state index in [9.17, 15) is 5.11 Å². The Kier molecular flexibility index (Phi) is 17.0. The van der Waals surface area contributed by atoms with E-state index >= 15 is 0 Å². The van der Waals surface area contributed by atoms with Crippen molar-refractivity contribution in [3.63, 3.8) is 0 Å². The second-order valence-corrected chi connectivity index (χ2v) is 7.98. The lowest BCUT2D eigenvalue weighted by Crippen LogP contribution is -2.48. The third-order valence-electron chi connectivity index (χ3n) is 5.78.